The van der Waals surface area contributed by atoms with Crippen LogP contribution in [-0.4, -0.2) is 10.5 Å². The molecular weight excluding hydrogens is 320 g/mol. The maximum absolute atomic E-state index is 12.6. The van der Waals surface area contributed by atoms with E-state index in [1.54, 1.807) is 0 Å². The summed E-state index contributed by atoms with van der Waals surface area (Å²) < 4.78 is 5.44. The third kappa shape index (κ3) is 2.29. The predicted octanol–water partition coefficient (Wildman–Crippen LogP) is 4.46. The molecule has 2 heterocycles. The number of fused-ring (bicyclic) bond motifs is 5. The summed E-state index contributed by atoms with van der Waals surface area (Å²) in [6.45, 7) is 6.06. The van der Waals surface area contributed by atoms with Crippen LogP contribution < -0.4 is 10.9 Å². The SMILES string of the molecule is CC1=CC(C)(C)Nc2ccc3c(c21)c(=O)oc1ccc([N+](=O)[O-])cc13. The van der Waals surface area contributed by atoms with Gasteiger partial charge in [-0.15, -0.1) is 0 Å². The van der Waals surface area contributed by atoms with Gasteiger partial charge in [0.15, 0.2) is 0 Å². The molecule has 1 aliphatic rings. The molecule has 0 radical (unpaired) electrons. The van der Waals surface area contributed by atoms with Gasteiger partial charge in [0.05, 0.1) is 15.8 Å². The van der Waals surface area contributed by atoms with Crippen LogP contribution in [0.1, 0.15) is 26.3 Å². The molecule has 1 aromatic heterocycles. The maximum atomic E-state index is 12.6. The first-order chi connectivity index (χ1) is 11.8. The smallest absolute Gasteiger partial charge is 0.344 e. The molecule has 3 aromatic rings. The van der Waals surface area contributed by atoms with Crippen LogP contribution in [0.3, 0.4) is 0 Å². The Morgan fingerprint density at radius 2 is 1.92 bits per heavy atom. The summed E-state index contributed by atoms with van der Waals surface area (Å²) in [5.74, 6) is 0. The zero-order valence-electron chi connectivity index (χ0n) is 14.0. The van der Waals surface area contributed by atoms with Gasteiger partial charge in [0.2, 0.25) is 0 Å². The highest BCUT2D eigenvalue weighted by Gasteiger charge is 2.26. The Balaban J connectivity index is 2.16. The maximum Gasteiger partial charge on any atom is 0.344 e. The molecule has 2 aromatic carbocycles. The molecule has 0 fully saturated rings. The molecule has 6 heteroatoms. The zero-order chi connectivity index (χ0) is 17.9. The third-order valence-electron chi connectivity index (χ3n) is 4.50. The van der Waals surface area contributed by atoms with Crippen molar-refractivity contribution < 1.29 is 9.34 Å². The lowest BCUT2D eigenvalue weighted by Crippen LogP contribution is -2.31. The van der Waals surface area contributed by atoms with Crippen molar-refractivity contribution in [1.82, 2.24) is 0 Å². The predicted molar refractivity (Wildman–Crippen MR) is 98.0 cm³/mol. The van der Waals surface area contributed by atoms with Crippen LogP contribution in [0.5, 0.6) is 0 Å². The summed E-state index contributed by atoms with van der Waals surface area (Å²) in [6.07, 6.45) is 2.06. The summed E-state index contributed by atoms with van der Waals surface area (Å²) in [5, 5.41) is 16.2. The van der Waals surface area contributed by atoms with Crippen molar-refractivity contribution in [3.8, 4) is 0 Å². The van der Waals surface area contributed by atoms with E-state index in [0.29, 0.717) is 21.7 Å². The number of anilines is 1. The molecule has 6 nitrogen and oxygen atoms in total. The van der Waals surface area contributed by atoms with Crippen molar-refractivity contribution in [2.75, 3.05) is 5.32 Å². The fraction of sp³-hybridized carbons (Fsp3) is 0.211. The number of nitrogens with one attached hydrogen (secondary N) is 1. The van der Waals surface area contributed by atoms with Crippen molar-refractivity contribution in [2.45, 2.75) is 26.3 Å². The van der Waals surface area contributed by atoms with Gasteiger partial charge < -0.3 is 9.73 Å². The van der Waals surface area contributed by atoms with Crippen LogP contribution in [0.15, 0.2) is 45.6 Å². The van der Waals surface area contributed by atoms with Crippen molar-refractivity contribution >= 4 is 38.7 Å². The topological polar surface area (TPSA) is 85.4 Å². The number of nitrogens with zero attached hydrogens (tertiary/aromatic N) is 1. The van der Waals surface area contributed by atoms with E-state index < -0.39 is 10.5 Å². The fourth-order valence-electron chi connectivity index (χ4n) is 3.63. The van der Waals surface area contributed by atoms with Gasteiger partial charge in [-0.3, -0.25) is 10.1 Å². The standard InChI is InChI=1S/C19H16N2O4/c1-10-9-19(2,3)20-14-6-5-12-13-8-11(21(23)24)4-7-15(13)25-18(22)17(12)16(10)14/h4-9,20H,1-3H3. The molecule has 0 unspecified atom stereocenters. The highest BCUT2D eigenvalue weighted by molar-refractivity contribution is 6.11. The van der Waals surface area contributed by atoms with E-state index in [-0.39, 0.29) is 11.2 Å². The molecule has 126 valence electrons. The summed E-state index contributed by atoms with van der Waals surface area (Å²) in [6, 6.07) is 7.99. The average Bonchev–Trinajstić information content (AvgIpc) is 2.52. The minimum Gasteiger partial charge on any atom is -0.422 e. The molecule has 0 saturated heterocycles. The van der Waals surface area contributed by atoms with Crippen molar-refractivity contribution in [3.05, 3.63) is 62.5 Å². The first kappa shape index (κ1) is 15.4. The van der Waals surface area contributed by atoms with E-state index >= 15 is 0 Å². The monoisotopic (exact) mass is 336 g/mol. The number of nitro groups is 1. The molecule has 0 atom stereocenters. The summed E-state index contributed by atoms with van der Waals surface area (Å²) >= 11 is 0. The van der Waals surface area contributed by atoms with E-state index in [1.165, 1.54) is 18.2 Å². The van der Waals surface area contributed by atoms with E-state index in [0.717, 1.165) is 16.8 Å². The molecule has 0 aliphatic carbocycles. The van der Waals surface area contributed by atoms with E-state index in [2.05, 4.69) is 25.2 Å². The molecular formula is C19H16N2O4. The normalized spacial score (nSPS) is 15.6. The Morgan fingerprint density at radius 3 is 2.64 bits per heavy atom. The second kappa shape index (κ2) is 4.92. The summed E-state index contributed by atoms with van der Waals surface area (Å²) in [4.78, 5) is 23.3. The highest BCUT2D eigenvalue weighted by Crippen LogP contribution is 2.39. The van der Waals surface area contributed by atoms with Crippen LogP contribution in [0, 0.1) is 10.1 Å². The summed E-state index contributed by atoms with van der Waals surface area (Å²) in [5.41, 5.74) is 2.26. The second-order valence-corrected chi connectivity index (χ2v) is 6.91. The second-order valence-electron chi connectivity index (χ2n) is 6.91. The van der Waals surface area contributed by atoms with Gasteiger partial charge in [0.25, 0.3) is 5.69 Å². The molecule has 1 aliphatic heterocycles. The van der Waals surface area contributed by atoms with Gasteiger partial charge >= 0.3 is 5.63 Å². The number of allylic oxidation sites excluding steroid dienone is 1. The molecule has 1 N–H and O–H groups in total. The third-order valence-corrected chi connectivity index (χ3v) is 4.50. The minimum absolute atomic E-state index is 0.0353. The van der Waals surface area contributed by atoms with Crippen LogP contribution in [0.25, 0.3) is 27.3 Å². The first-order valence-corrected chi connectivity index (χ1v) is 7.93. The number of hydrogen-bond acceptors (Lipinski definition) is 5. The van der Waals surface area contributed by atoms with E-state index in [9.17, 15) is 14.9 Å². The Morgan fingerprint density at radius 1 is 1.16 bits per heavy atom. The van der Waals surface area contributed by atoms with Crippen molar-refractivity contribution in [1.29, 1.82) is 0 Å². The van der Waals surface area contributed by atoms with Crippen molar-refractivity contribution in [3.63, 3.8) is 0 Å². The van der Waals surface area contributed by atoms with Crippen LogP contribution in [0.2, 0.25) is 0 Å². The highest BCUT2D eigenvalue weighted by atomic mass is 16.6. The lowest BCUT2D eigenvalue weighted by Gasteiger charge is -2.31. The number of hydrogen-bond donors (Lipinski definition) is 1. The molecule has 0 bridgehead atoms. The Kier molecular flexibility index (Phi) is 3.03. The lowest BCUT2D eigenvalue weighted by molar-refractivity contribution is -0.384. The van der Waals surface area contributed by atoms with Gasteiger partial charge in [-0.1, -0.05) is 12.1 Å². The lowest BCUT2D eigenvalue weighted by atomic mass is 9.88. The van der Waals surface area contributed by atoms with Crippen LogP contribution in [-0.2, 0) is 0 Å². The zero-order valence-corrected chi connectivity index (χ0v) is 14.0. The Labute approximate surface area is 142 Å². The van der Waals surface area contributed by atoms with E-state index in [4.69, 9.17) is 4.42 Å². The van der Waals surface area contributed by atoms with Gasteiger partial charge in [-0.25, -0.2) is 4.79 Å². The average molecular weight is 336 g/mol. The Bertz CT molecular complexity index is 1160. The van der Waals surface area contributed by atoms with Crippen LogP contribution in [0.4, 0.5) is 11.4 Å². The number of benzene rings is 2. The molecule has 0 saturated carbocycles. The minimum atomic E-state index is -0.454. The largest absolute Gasteiger partial charge is 0.422 e. The molecule has 4 rings (SSSR count). The van der Waals surface area contributed by atoms with Gasteiger partial charge in [0.1, 0.15) is 5.58 Å². The number of rotatable bonds is 1. The quantitative estimate of drug-likeness (QED) is 0.307. The van der Waals surface area contributed by atoms with Crippen LogP contribution >= 0.6 is 0 Å². The number of non-ortho nitro benzene ring substituents is 1. The molecule has 0 spiro atoms. The van der Waals surface area contributed by atoms with Gasteiger partial charge in [-0.2, -0.15) is 0 Å². The molecule has 0 amide bonds. The fourth-order valence-corrected chi connectivity index (χ4v) is 3.63. The van der Waals surface area contributed by atoms with Crippen molar-refractivity contribution in [2.24, 2.45) is 0 Å². The first-order valence-electron chi connectivity index (χ1n) is 7.93. The van der Waals surface area contributed by atoms with Gasteiger partial charge in [0, 0.05) is 34.2 Å². The summed E-state index contributed by atoms with van der Waals surface area (Å²) in [7, 11) is 0. The Hall–Kier alpha value is -3.15. The molecule has 25 heavy (non-hydrogen) atoms. The number of nitro benzene ring substituents is 1. The van der Waals surface area contributed by atoms with Gasteiger partial charge in [-0.05, 0) is 38.5 Å². The van der Waals surface area contributed by atoms with E-state index in [1.807, 2.05) is 19.1 Å².